The van der Waals surface area contributed by atoms with Crippen LogP contribution in [0.2, 0.25) is 0 Å². The monoisotopic (exact) mass is 354 g/mol. The van der Waals surface area contributed by atoms with Crippen LogP contribution >= 0.6 is 0 Å². The van der Waals surface area contributed by atoms with Crippen LogP contribution in [0.5, 0.6) is 0 Å². The van der Waals surface area contributed by atoms with E-state index in [4.69, 9.17) is 0 Å². The molecule has 0 aromatic heterocycles. The lowest BCUT2D eigenvalue weighted by molar-refractivity contribution is -0.122. The quantitative estimate of drug-likeness (QED) is 0.869. The molecular formula is C21H23FN2O2. The molecule has 1 aliphatic heterocycles. The van der Waals surface area contributed by atoms with Crippen LogP contribution in [-0.2, 0) is 9.59 Å². The number of halogens is 1. The van der Waals surface area contributed by atoms with Crippen molar-refractivity contribution in [2.24, 2.45) is 5.92 Å². The largest absolute Gasteiger partial charge is 0.326 e. The number of carbonyl (C=O) groups is 2. The highest BCUT2D eigenvalue weighted by atomic mass is 19.1. The van der Waals surface area contributed by atoms with Crippen molar-refractivity contribution in [2.45, 2.75) is 32.6 Å². The molecule has 1 heterocycles. The van der Waals surface area contributed by atoms with Crippen LogP contribution in [0.1, 0.15) is 38.2 Å². The predicted molar refractivity (Wildman–Crippen MR) is 101 cm³/mol. The third kappa shape index (κ3) is 3.77. The summed E-state index contributed by atoms with van der Waals surface area (Å²) < 4.78 is 13.0. The molecule has 1 saturated heterocycles. The second-order valence-corrected chi connectivity index (χ2v) is 6.77. The Labute approximate surface area is 153 Å². The van der Waals surface area contributed by atoms with Crippen molar-refractivity contribution >= 4 is 23.2 Å². The average molecular weight is 354 g/mol. The van der Waals surface area contributed by atoms with Crippen molar-refractivity contribution in [2.75, 3.05) is 16.8 Å². The van der Waals surface area contributed by atoms with Crippen molar-refractivity contribution in [3.05, 3.63) is 59.9 Å². The van der Waals surface area contributed by atoms with Gasteiger partial charge in [-0.05, 0) is 48.2 Å². The van der Waals surface area contributed by atoms with E-state index in [-0.39, 0.29) is 24.1 Å². The lowest BCUT2D eigenvalue weighted by Crippen LogP contribution is -2.29. The molecule has 0 spiro atoms. The Hall–Kier alpha value is -2.69. The maximum atomic E-state index is 13.0. The molecule has 2 amide bonds. The van der Waals surface area contributed by atoms with Crippen molar-refractivity contribution in [3.63, 3.8) is 0 Å². The minimum absolute atomic E-state index is 0.0417. The molecule has 2 aromatic carbocycles. The highest BCUT2D eigenvalue weighted by Crippen LogP contribution is 2.33. The molecule has 0 saturated carbocycles. The summed E-state index contributed by atoms with van der Waals surface area (Å²) in [4.78, 5) is 26.8. The Kier molecular flexibility index (Phi) is 5.35. The van der Waals surface area contributed by atoms with Gasteiger partial charge in [0, 0.05) is 24.3 Å². The maximum Gasteiger partial charge on any atom is 0.229 e. The number of amides is 2. The molecular weight excluding hydrogens is 331 g/mol. The summed E-state index contributed by atoms with van der Waals surface area (Å²) in [6.07, 6.45) is 1.16. The molecule has 2 atom stereocenters. The van der Waals surface area contributed by atoms with Gasteiger partial charge in [0.05, 0.1) is 5.92 Å². The average Bonchev–Trinajstić information content (AvgIpc) is 3.04. The predicted octanol–water partition coefficient (Wildman–Crippen LogP) is 4.33. The highest BCUT2D eigenvalue weighted by molar-refractivity contribution is 6.03. The van der Waals surface area contributed by atoms with Gasteiger partial charge in [-0.25, -0.2) is 4.39 Å². The smallest absolute Gasteiger partial charge is 0.229 e. The molecule has 136 valence electrons. The summed E-state index contributed by atoms with van der Waals surface area (Å²) in [5.41, 5.74) is 2.55. The molecule has 1 aliphatic rings. The van der Waals surface area contributed by atoms with Gasteiger partial charge in [-0.2, -0.15) is 0 Å². The Morgan fingerprint density at radius 3 is 2.62 bits per heavy atom. The molecule has 3 rings (SSSR count). The lowest BCUT2D eigenvalue weighted by Gasteiger charge is -2.23. The second kappa shape index (κ2) is 7.68. The number of carbonyl (C=O) groups excluding carboxylic acids is 2. The van der Waals surface area contributed by atoms with Gasteiger partial charge in [-0.1, -0.05) is 32.0 Å². The first-order chi connectivity index (χ1) is 12.5. The van der Waals surface area contributed by atoms with Crippen LogP contribution in [0.15, 0.2) is 48.5 Å². The Morgan fingerprint density at radius 2 is 1.92 bits per heavy atom. The zero-order chi connectivity index (χ0) is 18.7. The minimum Gasteiger partial charge on any atom is -0.326 e. The molecule has 5 heteroatoms. The summed E-state index contributed by atoms with van der Waals surface area (Å²) in [6.45, 7) is 4.61. The SMILES string of the molecule is CC[C@H](C)c1ccccc1N1C[C@H](C(=O)Nc2ccc(F)cc2)CC1=O. The van der Waals surface area contributed by atoms with Crippen LogP contribution in [0, 0.1) is 11.7 Å². The Bertz CT molecular complexity index is 804. The number of para-hydroxylation sites is 1. The van der Waals surface area contributed by atoms with Crippen LogP contribution in [0.25, 0.3) is 0 Å². The van der Waals surface area contributed by atoms with Gasteiger partial charge in [-0.15, -0.1) is 0 Å². The maximum absolute atomic E-state index is 13.0. The van der Waals surface area contributed by atoms with Crippen LogP contribution < -0.4 is 10.2 Å². The fourth-order valence-electron chi connectivity index (χ4n) is 3.26. The van der Waals surface area contributed by atoms with E-state index in [1.54, 1.807) is 4.90 Å². The van der Waals surface area contributed by atoms with Gasteiger partial charge < -0.3 is 10.2 Å². The number of nitrogens with one attached hydrogen (secondary N) is 1. The van der Waals surface area contributed by atoms with E-state index in [1.165, 1.54) is 24.3 Å². The first-order valence-electron chi connectivity index (χ1n) is 8.95. The molecule has 2 aromatic rings. The van der Waals surface area contributed by atoms with Gasteiger partial charge in [0.25, 0.3) is 0 Å². The Balaban J connectivity index is 1.75. The summed E-state index contributed by atoms with van der Waals surface area (Å²) in [7, 11) is 0. The van der Waals surface area contributed by atoms with Crippen molar-refractivity contribution in [1.29, 1.82) is 0 Å². The number of hydrogen-bond acceptors (Lipinski definition) is 2. The summed E-state index contributed by atoms with van der Waals surface area (Å²) in [5.74, 6) is -0.691. The fraction of sp³-hybridized carbons (Fsp3) is 0.333. The minimum atomic E-state index is -0.419. The normalized spacial score (nSPS) is 18.0. The Morgan fingerprint density at radius 1 is 1.23 bits per heavy atom. The van der Waals surface area contributed by atoms with Crippen molar-refractivity contribution in [3.8, 4) is 0 Å². The van der Waals surface area contributed by atoms with Gasteiger partial charge in [0.1, 0.15) is 5.82 Å². The number of benzene rings is 2. The first-order valence-corrected chi connectivity index (χ1v) is 8.95. The van der Waals surface area contributed by atoms with Crippen molar-refractivity contribution in [1.82, 2.24) is 0 Å². The van der Waals surface area contributed by atoms with E-state index >= 15 is 0 Å². The summed E-state index contributed by atoms with van der Waals surface area (Å²) in [5, 5.41) is 2.77. The van der Waals surface area contributed by atoms with Crippen molar-refractivity contribution < 1.29 is 14.0 Å². The van der Waals surface area contributed by atoms with E-state index in [0.29, 0.717) is 18.2 Å². The molecule has 0 aliphatic carbocycles. The van der Waals surface area contributed by atoms with E-state index in [9.17, 15) is 14.0 Å². The molecule has 4 nitrogen and oxygen atoms in total. The fourth-order valence-corrected chi connectivity index (χ4v) is 3.26. The summed E-state index contributed by atoms with van der Waals surface area (Å²) >= 11 is 0. The van der Waals surface area contributed by atoms with Gasteiger partial charge in [-0.3, -0.25) is 9.59 Å². The third-order valence-electron chi connectivity index (χ3n) is 4.98. The number of nitrogens with zero attached hydrogens (tertiary/aromatic N) is 1. The van der Waals surface area contributed by atoms with Gasteiger partial charge >= 0.3 is 0 Å². The standard InChI is InChI=1S/C21H23FN2O2/c1-3-14(2)18-6-4-5-7-19(18)24-13-15(12-20(24)25)21(26)23-17-10-8-16(22)9-11-17/h4-11,14-15H,3,12-13H2,1-2H3,(H,23,26)/t14-,15+/m0/s1. The van der Waals surface area contributed by atoms with E-state index in [1.807, 2.05) is 24.3 Å². The molecule has 1 fully saturated rings. The van der Waals surface area contributed by atoms with Gasteiger partial charge in [0.2, 0.25) is 11.8 Å². The van der Waals surface area contributed by atoms with Crippen LogP contribution in [-0.4, -0.2) is 18.4 Å². The van der Waals surface area contributed by atoms with E-state index in [0.717, 1.165) is 17.7 Å². The van der Waals surface area contributed by atoms with Crippen LogP contribution in [0.4, 0.5) is 15.8 Å². The molecule has 0 bridgehead atoms. The first kappa shape index (κ1) is 18.1. The number of hydrogen-bond donors (Lipinski definition) is 1. The van der Waals surface area contributed by atoms with E-state index in [2.05, 4.69) is 19.2 Å². The molecule has 0 radical (unpaired) electrons. The van der Waals surface area contributed by atoms with Gasteiger partial charge in [0.15, 0.2) is 0 Å². The number of anilines is 2. The number of rotatable bonds is 5. The lowest BCUT2D eigenvalue weighted by atomic mass is 9.96. The highest BCUT2D eigenvalue weighted by Gasteiger charge is 2.36. The zero-order valence-electron chi connectivity index (χ0n) is 15.0. The zero-order valence-corrected chi connectivity index (χ0v) is 15.0. The molecule has 26 heavy (non-hydrogen) atoms. The second-order valence-electron chi connectivity index (χ2n) is 6.77. The topological polar surface area (TPSA) is 49.4 Å². The van der Waals surface area contributed by atoms with E-state index < -0.39 is 5.92 Å². The third-order valence-corrected chi connectivity index (χ3v) is 4.98. The molecule has 1 N–H and O–H groups in total. The van der Waals surface area contributed by atoms with Crippen LogP contribution in [0.3, 0.4) is 0 Å². The molecule has 0 unspecified atom stereocenters. The summed E-state index contributed by atoms with van der Waals surface area (Å²) in [6, 6.07) is 13.5.